The van der Waals surface area contributed by atoms with Crippen LogP contribution >= 0.6 is 0 Å². The summed E-state index contributed by atoms with van der Waals surface area (Å²) in [6, 6.07) is 16.8. The van der Waals surface area contributed by atoms with E-state index in [2.05, 4.69) is 30.7 Å². The largest absolute Gasteiger partial charge is 0.469 e. The summed E-state index contributed by atoms with van der Waals surface area (Å²) in [4.78, 5) is 105. The smallest absolute Gasteiger partial charge is 0.305 e. The van der Waals surface area contributed by atoms with Crippen LogP contribution in [0.3, 0.4) is 0 Å². The van der Waals surface area contributed by atoms with Gasteiger partial charge in [0.25, 0.3) is 11.8 Å². The highest BCUT2D eigenvalue weighted by atomic mass is 19.1. The molecule has 0 heterocycles. The van der Waals surface area contributed by atoms with Crippen LogP contribution in [0.1, 0.15) is 57.5 Å². The minimum absolute atomic E-state index is 0.0441. The SMILES string of the molecule is COC(=O)CCCNC(=O)CN(CC(=O)NCCc1ccc(F)cc1)C(=O)c1cccc(C(=O)N(CC(=O)NCCCC(=O)OC)CC(=O)NCCc2ccc(F)cc2)c1. The molecule has 3 aromatic carbocycles. The van der Waals surface area contributed by atoms with E-state index in [0.29, 0.717) is 12.8 Å². The van der Waals surface area contributed by atoms with Crippen molar-refractivity contribution in [1.29, 1.82) is 0 Å². The molecule has 0 aromatic heterocycles. The van der Waals surface area contributed by atoms with E-state index in [-0.39, 0.29) is 63.0 Å². The van der Waals surface area contributed by atoms with Crippen molar-refractivity contribution < 1.29 is 56.6 Å². The Morgan fingerprint density at radius 1 is 0.500 bits per heavy atom. The molecule has 0 spiro atoms. The number of esters is 2. The van der Waals surface area contributed by atoms with Crippen LogP contribution in [0.4, 0.5) is 8.78 Å². The Morgan fingerprint density at radius 3 is 1.17 bits per heavy atom. The normalized spacial score (nSPS) is 10.5. The average molecular weight is 837 g/mol. The van der Waals surface area contributed by atoms with Gasteiger partial charge in [-0.25, -0.2) is 8.78 Å². The third-order valence-electron chi connectivity index (χ3n) is 8.78. The van der Waals surface area contributed by atoms with Gasteiger partial charge in [0.2, 0.25) is 23.6 Å². The number of nitrogens with one attached hydrogen (secondary N) is 4. The summed E-state index contributed by atoms with van der Waals surface area (Å²) in [6.07, 6.45) is 1.33. The van der Waals surface area contributed by atoms with Crippen molar-refractivity contribution >= 4 is 47.4 Å². The fourth-order valence-corrected chi connectivity index (χ4v) is 5.59. The van der Waals surface area contributed by atoms with Crippen LogP contribution in [-0.2, 0) is 51.1 Å². The molecule has 0 atom stereocenters. The second kappa shape index (κ2) is 25.6. The zero-order chi connectivity index (χ0) is 43.9. The van der Waals surface area contributed by atoms with Crippen LogP contribution in [0.5, 0.6) is 0 Å². The molecule has 4 N–H and O–H groups in total. The topological polar surface area (TPSA) is 210 Å². The molecule has 0 saturated carbocycles. The average Bonchev–Trinajstić information content (AvgIpc) is 3.24. The number of methoxy groups -OCH3 is 2. The molecular formula is C42H50F2N6O10. The molecule has 6 amide bonds. The van der Waals surface area contributed by atoms with Gasteiger partial charge in [-0.05, 0) is 79.3 Å². The molecule has 16 nitrogen and oxygen atoms in total. The molecule has 0 saturated heterocycles. The van der Waals surface area contributed by atoms with E-state index in [1.807, 2.05) is 0 Å². The fourth-order valence-electron chi connectivity index (χ4n) is 5.59. The maximum Gasteiger partial charge on any atom is 0.305 e. The number of hydrogen-bond acceptors (Lipinski definition) is 10. The van der Waals surface area contributed by atoms with Crippen molar-refractivity contribution in [2.45, 2.75) is 38.5 Å². The lowest BCUT2D eigenvalue weighted by Crippen LogP contribution is -2.47. The highest BCUT2D eigenvalue weighted by Gasteiger charge is 2.25. The predicted octanol–water partition coefficient (Wildman–Crippen LogP) is 1.71. The van der Waals surface area contributed by atoms with Gasteiger partial charge in [0.05, 0.1) is 14.2 Å². The number of nitrogens with zero attached hydrogens (tertiary/aromatic N) is 2. The van der Waals surface area contributed by atoms with Gasteiger partial charge in [-0.3, -0.25) is 38.4 Å². The molecule has 3 rings (SSSR count). The first-order valence-electron chi connectivity index (χ1n) is 19.2. The van der Waals surface area contributed by atoms with E-state index >= 15 is 0 Å². The molecule has 0 aliphatic heterocycles. The second-order valence-corrected chi connectivity index (χ2v) is 13.4. The highest BCUT2D eigenvalue weighted by Crippen LogP contribution is 2.13. The first kappa shape index (κ1) is 47.7. The van der Waals surface area contributed by atoms with Gasteiger partial charge in [0, 0.05) is 50.1 Å². The minimum atomic E-state index is -0.795. The number of amides is 6. The van der Waals surface area contributed by atoms with Gasteiger partial charge in [0.15, 0.2) is 0 Å². The summed E-state index contributed by atoms with van der Waals surface area (Å²) in [6.45, 7) is -1.80. The third-order valence-corrected chi connectivity index (χ3v) is 8.78. The highest BCUT2D eigenvalue weighted by molar-refractivity contribution is 6.03. The first-order valence-corrected chi connectivity index (χ1v) is 19.2. The molecule has 0 aliphatic rings. The Kier molecular flexibility index (Phi) is 20.3. The van der Waals surface area contributed by atoms with Crippen molar-refractivity contribution in [3.8, 4) is 0 Å². The maximum absolute atomic E-state index is 13.9. The van der Waals surface area contributed by atoms with Crippen LogP contribution in [0.15, 0.2) is 72.8 Å². The van der Waals surface area contributed by atoms with Crippen LogP contribution in [-0.4, -0.2) is 124 Å². The maximum atomic E-state index is 13.9. The van der Waals surface area contributed by atoms with Crippen molar-refractivity contribution in [3.63, 3.8) is 0 Å². The van der Waals surface area contributed by atoms with E-state index < -0.39 is 85.2 Å². The van der Waals surface area contributed by atoms with Crippen molar-refractivity contribution in [2.24, 2.45) is 0 Å². The minimum Gasteiger partial charge on any atom is -0.469 e. The van der Waals surface area contributed by atoms with Gasteiger partial charge in [-0.1, -0.05) is 30.3 Å². The van der Waals surface area contributed by atoms with E-state index in [4.69, 9.17) is 0 Å². The number of carbonyl (C=O) groups is 8. The zero-order valence-electron chi connectivity index (χ0n) is 33.6. The lowest BCUT2D eigenvalue weighted by molar-refractivity contribution is -0.141. The molecule has 0 fully saturated rings. The summed E-state index contributed by atoms with van der Waals surface area (Å²) >= 11 is 0. The van der Waals surface area contributed by atoms with E-state index in [1.165, 1.54) is 62.8 Å². The Bertz CT molecular complexity index is 1810. The Morgan fingerprint density at radius 2 is 0.833 bits per heavy atom. The third kappa shape index (κ3) is 17.8. The van der Waals surface area contributed by atoms with Gasteiger partial charge < -0.3 is 40.5 Å². The first-order chi connectivity index (χ1) is 28.8. The fraction of sp³-hybridized carbons (Fsp3) is 0.381. The molecular weight excluding hydrogens is 786 g/mol. The van der Waals surface area contributed by atoms with Gasteiger partial charge in [-0.15, -0.1) is 0 Å². The Labute approximate surface area is 346 Å². The molecule has 18 heteroatoms. The summed E-state index contributed by atoms with van der Waals surface area (Å²) in [5.74, 6) is -5.82. The summed E-state index contributed by atoms with van der Waals surface area (Å²) in [5.41, 5.74) is 1.33. The molecule has 0 unspecified atom stereocenters. The summed E-state index contributed by atoms with van der Waals surface area (Å²) < 4.78 is 35.8. The number of ether oxygens (including phenoxy) is 2. The number of benzene rings is 3. The number of carbonyl (C=O) groups excluding carboxylic acids is 8. The lowest BCUT2D eigenvalue weighted by Gasteiger charge is -2.24. The van der Waals surface area contributed by atoms with E-state index in [0.717, 1.165) is 20.9 Å². The van der Waals surface area contributed by atoms with E-state index in [9.17, 15) is 47.1 Å². The monoisotopic (exact) mass is 836 g/mol. The summed E-state index contributed by atoms with van der Waals surface area (Å²) in [7, 11) is 2.47. The van der Waals surface area contributed by atoms with E-state index in [1.54, 1.807) is 24.3 Å². The number of halogens is 2. The van der Waals surface area contributed by atoms with Crippen molar-refractivity contribution in [3.05, 3.63) is 107 Å². The molecule has 322 valence electrons. The van der Waals surface area contributed by atoms with Crippen molar-refractivity contribution in [1.82, 2.24) is 31.1 Å². The van der Waals surface area contributed by atoms with Gasteiger partial charge in [0.1, 0.15) is 37.8 Å². The Balaban J connectivity index is 1.77. The zero-order valence-corrected chi connectivity index (χ0v) is 33.6. The van der Waals surface area contributed by atoms with Crippen molar-refractivity contribution in [2.75, 3.05) is 66.6 Å². The molecule has 0 radical (unpaired) electrons. The van der Waals surface area contributed by atoms with Gasteiger partial charge >= 0.3 is 11.9 Å². The molecule has 3 aromatic rings. The lowest BCUT2D eigenvalue weighted by atomic mass is 10.1. The van der Waals surface area contributed by atoms with Crippen LogP contribution in [0, 0.1) is 11.6 Å². The van der Waals surface area contributed by atoms with Crippen LogP contribution < -0.4 is 21.3 Å². The van der Waals surface area contributed by atoms with Gasteiger partial charge in [-0.2, -0.15) is 0 Å². The molecule has 0 aliphatic carbocycles. The quantitative estimate of drug-likeness (QED) is 0.0759. The number of hydrogen-bond donors (Lipinski definition) is 4. The molecule has 60 heavy (non-hydrogen) atoms. The Hall–Kier alpha value is -6.72. The second-order valence-electron chi connectivity index (χ2n) is 13.4. The van der Waals surface area contributed by atoms with Crippen LogP contribution in [0.25, 0.3) is 0 Å². The standard InChI is InChI=1S/C42H50F2N6O10/c1-59-39(55)8-4-20-45-35(51)25-49(27-37(53)47-22-18-29-10-14-33(43)15-11-29)41(57)31-6-3-7-32(24-31)42(58)50(26-36(52)46-21-5-9-40(56)60-2)28-38(54)48-23-19-30-12-16-34(44)17-13-30/h3,6-7,10-17,24H,4-5,8-9,18-23,25-28H2,1-2H3,(H,45,51)(H,46,52)(H,47,53)(H,48,54). The summed E-state index contributed by atoms with van der Waals surface area (Å²) in [5, 5.41) is 10.5. The van der Waals surface area contributed by atoms with Crippen LogP contribution in [0.2, 0.25) is 0 Å². The number of rotatable bonds is 24. The predicted molar refractivity (Wildman–Crippen MR) is 213 cm³/mol. The molecule has 0 bridgehead atoms.